The lowest BCUT2D eigenvalue weighted by Gasteiger charge is -2.35. The van der Waals surface area contributed by atoms with Crippen LogP contribution < -0.4 is 10.6 Å². The molecule has 2 N–H and O–H groups in total. The van der Waals surface area contributed by atoms with E-state index in [4.69, 9.17) is 10.5 Å². The molecular formula is C17H25N7O2. The van der Waals surface area contributed by atoms with Gasteiger partial charge in [-0.25, -0.2) is 9.48 Å². The molecule has 0 saturated carbocycles. The summed E-state index contributed by atoms with van der Waals surface area (Å²) in [5.74, 6) is 0.700. The monoisotopic (exact) mass is 359 g/mol. The molecule has 2 heterocycles. The lowest BCUT2D eigenvalue weighted by Crippen LogP contribution is -2.50. The number of nitrogens with zero attached hydrogens (tertiary/aromatic N) is 6. The highest BCUT2D eigenvalue weighted by Crippen LogP contribution is 2.16. The van der Waals surface area contributed by atoms with Gasteiger partial charge in [0.25, 0.3) is 0 Å². The van der Waals surface area contributed by atoms with E-state index in [1.807, 2.05) is 45.0 Å². The van der Waals surface area contributed by atoms with Gasteiger partial charge in [-0.05, 0) is 48.9 Å². The van der Waals surface area contributed by atoms with Crippen molar-refractivity contribution in [2.45, 2.75) is 32.9 Å². The molecule has 1 aromatic carbocycles. The van der Waals surface area contributed by atoms with Crippen LogP contribution in [0, 0.1) is 0 Å². The molecular weight excluding hydrogens is 334 g/mol. The first-order valence-corrected chi connectivity index (χ1v) is 8.65. The number of carbonyl (C=O) groups is 1. The number of piperazine rings is 1. The topological polar surface area (TPSA) is 102 Å². The molecule has 140 valence electrons. The van der Waals surface area contributed by atoms with E-state index in [1.54, 1.807) is 9.58 Å². The quantitative estimate of drug-likeness (QED) is 0.825. The minimum absolute atomic E-state index is 0.279. The molecule has 0 aliphatic carbocycles. The van der Waals surface area contributed by atoms with E-state index in [0.29, 0.717) is 38.7 Å². The summed E-state index contributed by atoms with van der Waals surface area (Å²) in [5, 5.41) is 12.0. The Labute approximate surface area is 152 Å². The van der Waals surface area contributed by atoms with E-state index >= 15 is 0 Å². The third-order valence-corrected chi connectivity index (χ3v) is 4.04. The zero-order valence-electron chi connectivity index (χ0n) is 15.4. The minimum Gasteiger partial charge on any atom is -0.444 e. The van der Waals surface area contributed by atoms with Crippen LogP contribution in [-0.4, -0.2) is 63.0 Å². The van der Waals surface area contributed by atoms with Crippen LogP contribution in [-0.2, 0) is 11.3 Å². The van der Waals surface area contributed by atoms with Crippen molar-refractivity contribution in [3.05, 3.63) is 29.8 Å². The second kappa shape index (κ2) is 7.19. The SMILES string of the molecule is CC(C)(C)OC(=O)N1CCN(c2nnnn2Cc2ccc(N)cc2)CC1. The molecule has 0 radical (unpaired) electrons. The van der Waals surface area contributed by atoms with Gasteiger partial charge in [-0.2, -0.15) is 0 Å². The van der Waals surface area contributed by atoms with E-state index in [-0.39, 0.29) is 6.09 Å². The van der Waals surface area contributed by atoms with Gasteiger partial charge in [0, 0.05) is 31.9 Å². The molecule has 1 aromatic heterocycles. The summed E-state index contributed by atoms with van der Waals surface area (Å²) in [7, 11) is 0. The molecule has 0 spiro atoms. The highest BCUT2D eigenvalue weighted by atomic mass is 16.6. The summed E-state index contributed by atoms with van der Waals surface area (Å²) in [6, 6.07) is 7.64. The van der Waals surface area contributed by atoms with Crippen LogP contribution in [0.25, 0.3) is 0 Å². The van der Waals surface area contributed by atoms with Gasteiger partial charge < -0.3 is 20.3 Å². The van der Waals surface area contributed by atoms with Crippen molar-refractivity contribution in [2.75, 3.05) is 36.8 Å². The Hall–Kier alpha value is -2.84. The minimum atomic E-state index is -0.489. The molecule has 0 unspecified atom stereocenters. The van der Waals surface area contributed by atoms with E-state index < -0.39 is 5.60 Å². The normalized spacial score (nSPS) is 15.2. The fourth-order valence-electron chi connectivity index (χ4n) is 2.74. The summed E-state index contributed by atoms with van der Waals surface area (Å²) < 4.78 is 7.19. The number of tetrazole rings is 1. The molecule has 2 aromatic rings. The largest absolute Gasteiger partial charge is 0.444 e. The predicted molar refractivity (Wildman–Crippen MR) is 97.8 cm³/mol. The van der Waals surface area contributed by atoms with E-state index in [1.165, 1.54) is 0 Å². The zero-order chi connectivity index (χ0) is 18.7. The Morgan fingerprint density at radius 1 is 1.15 bits per heavy atom. The summed E-state index contributed by atoms with van der Waals surface area (Å²) >= 11 is 0. The van der Waals surface area contributed by atoms with Crippen molar-refractivity contribution >= 4 is 17.7 Å². The predicted octanol–water partition coefficient (Wildman–Crippen LogP) is 1.36. The fraction of sp³-hybridized carbons (Fsp3) is 0.529. The molecule has 1 saturated heterocycles. The number of nitrogens with two attached hydrogens (primary N) is 1. The summed E-state index contributed by atoms with van der Waals surface area (Å²) in [6.45, 7) is 8.62. The first kappa shape index (κ1) is 18.0. The average molecular weight is 359 g/mol. The number of nitrogen functional groups attached to an aromatic ring is 1. The molecule has 9 heteroatoms. The van der Waals surface area contributed by atoms with Gasteiger partial charge in [0.05, 0.1) is 6.54 Å². The first-order chi connectivity index (χ1) is 12.3. The summed E-state index contributed by atoms with van der Waals surface area (Å²) in [4.78, 5) is 16.0. The smallest absolute Gasteiger partial charge is 0.410 e. The van der Waals surface area contributed by atoms with Crippen molar-refractivity contribution in [2.24, 2.45) is 0 Å². The van der Waals surface area contributed by atoms with Gasteiger partial charge in [0.2, 0.25) is 5.95 Å². The third kappa shape index (κ3) is 4.41. The van der Waals surface area contributed by atoms with Crippen molar-refractivity contribution in [3.63, 3.8) is 0 Å². The Morgan fingerprint density at radius 3 is 2.42 bits per heavy atom. The van der Waals surface area contributed by atoms with Crippen LogP contribution in [0.1, 0.15) is 26.3 Å². The summed E-state index contributed by atoms with van der Waals surface area (Å²) in [5.41, 5.74) is 7.03. The zero-order valence-corrected chi connectivity index (χ0v) is 15.4. The van der Waals surface area contributed by atoms with Crippen molar-refractivity contribution in [1.82, 2.24) is 25.1 Å². The van der Waals surface area contributed by atoms with Crippen LogP contribution in [0.2, 0.25) is 0 Å². The van der Waals surface area contributed by atoms with E-state index in [0.717, 1.165) is 11.3 Å². The first-order valence-electron chi connectivity index (χ1n) is 8.65. The van der Waals surface area contributed by atoms with E-state index in [9.17, 15) is 4.79 Å². The molecule has 1 fully saturated rings. The maximum absolute atomic E-state index is 12.2. The Balaban J connectivity index is 1.61. The van der Waals surface area contributed by atoms with Gasteiger partial charge in [-0.3, -0.25) is 0 Å². The molecule has 0 atom stereocenters. The van der Waals surface area contributed by atoms with Gasteiger partial charge in [0.1, 0.15) is 5.60 Å². The number of rotatable bonds is 3. The van der Waals surface area contributed by atoms with E-state index in [2.05, 4.69) is 20.4 Å². The Morgan fingerprint density at radius 2 is 1.81 bits per heavy atom. The van der Waals surface area contributed by atoms with Crippen LogP contribution in [0.3, 0.4) is 0 Å². The average Bonchev–Trinajstić information content (AvgIpc) is 3.04. The van der Waals surface area contributed by atoms with Crippen LogP contribution >= 0.6 is 0 Å². The number of benzene rings is 1. The third-order valence-electron chi connectivity index (χ3n) is 4.04. The van der Waals surface area contributed by atoms with Crippen LogP contribution in [0.15, 0.2) is 24.3 Å². The lowest BCUT2D eigenvalue weighted by atomic mass is 10.2. The molecule has 1 aliphatic rings. The number of hydrogen-bond donors (Lipinski definition) is 1. The van der Waals surface area contributed by atoms with Gasteiger partial charge in [-0.1, -0.05) is 17.2 Å². The summed E-state index contributed by atoms with van der Waals surface area (Å²) in [6.07, 6.45) is -0.279. The number of ether oxygens (including phenoxy) is 1. The highest BCUT2D eigenvalue weighted by molar-refractivity contribution is 5.68. The maximum atomic E-state index is 12.2. The van der Waals surface area contributed by atoms with Crippen molar-refractivity contribution in [3.8, 4) is 0 Å². The van der Waals surface area contributed by atoms with Gasteiger partial charge >= 0.3 is 6.09 Å². The van der Waals surface area contributed by atoms with Crippen molar-refractivity contribution in [1.29, 1.82) is 0 Å². The molecule has 9 nitrogen and oxygen atoms in total. The molecule has 3 rings (SSSR count). The Bertz CT molecular complexity index is 743. The standard InChI is InChI=1S/C17H25N7O2/c1-17(2,3)26-16(25)23-10-8-22(9-11-23)15-19-20-21-24(15)12-13-4-6-14(18)7-5-13/h4-7H,8-12,18H2,1-3H3. The number of carbonyl (C=O) groups excluding carboxylic acids is 1. The maximum Gasteiger partial charge on any atom is 0.410 e. The number of aromatic nitrogens is 4. The van der Waals surface area contributed by atoms with Gasteiger partial charge in [0.15, 0.2) is 0 Å². The number of amides is 1. The molecule has 0 bridgehead atoms. The second-order valence-corrected chi connectivity index (χ2v) is 7.33. The Kier molecular flexibility index (Phi) is 4.97. The second-order valence-electron chi connectivity index (χ2n) is 7.33. The molecule has 1 aliphatic heterocycles. The number of anilines is 2. The fourth-order valence-corrected chi connectivity index (χ4v) is 2.74. The number of hydrogen-bond acceptors (Lipinski definition) is 7. The van der Waals surface area contributed by atoms with Gasteiger partial charge in [-0.15, -0.1) is 0 Å². The van der Waals surface area contributed by atoms with Crippen molar-refractivity contribution < 1.29 is 9.53 Å². The molecule has 1 amide bonds. The van der Waals surface area contributed by atoms with Crippen LogP contribution in [0.5, 0.6) is 0 Å². The molecule has 26 heavy (non-hydrogen) atoms. The highest BCUT2D eigenvalue weighted by Gasteiger charge is 2.27. The lowest BCUT2D eigenvalue weighted by molar-refractivity contribution is 0.0240. The van der Waals surface area contributed by atoms with Crippen LogP contribution in [0.4, 0.5) is 16.4 Å².